The monoisotopic (exact) mass is 275 g/mol. The standard InChI is InChI=1S/C16H25N3O/c1-5-14-8-13(9-15(18-14)17-6-2)16(20)19-10-11(3)7-12(19)4/h8-9,11-12H,5-7,10H2,1-4H3,(H,17,18). The van der Waals surface area contributed by atoms with Crippen LogP contribution in [0, 0.1) is 5.92 Å². The normalized spacial score (nSPS) is 22.1. The molecule has 1 aliphatic heterocycles. The first-order valence-corrected chi connectivity index (χ1v) is 7.60. The summed E-state index contributed by atoms with van der Waals surface area (Å²) >= 11 is 0. The number of carbonyl (C=O) groups excluding carboxylic acids is 1. The van der Waals surface area contributed by atoms with E-state index >= 15 is 0 Å². The molecule has 1 N–H and O–H groups in total. The molecular formula is C16H25N3O. The average molecular weight is 275 g/mol. The molecule has 0 spiro atoms. The van der Waals surface area contributed by atoms with Gasteiger partial charge in [-0.1, -0.05) is 13.8 Å². The van der Waals surface area contributed by atoms with Gasteiger partial charge in [-0.25, -0.2) is 4.98 Å². The number of nitrogens with one attached hydrogen (secondary N) is 1. The second-order valence-electron chi connectivity index (χ2n) is 5.76. The van der Waals surface area contributed by atoms with Gasteiger partial charge >= 0.3 is 0 Å². The number of aryl methyl sites for hydroxylation is 1. The van der Waals surface area contributed by atoms with Crippen molar-refractivity contribution in [3.05, 3.63) is 23.4 Å². The van der Waals surface area contributed by atoms with E-state index in [0.717, 1.165) is 43.0 Å². The number of likely N-dealkylation sites (tertiary alicyclic amines) is 1. The number of hydrogen-bond acceptors (Lipinski definition) is 3. The highest BCUT2D eigenvalue weighted by Gasteiger charge is 2.30. The Morgan fingerprint density at radius 1 is 1.40 bits per heavy atom. The minimum absolute atomic E-state index is 0.137. The molecule has 1 aromatic rings. The fraction of sp³-hybridized carbons (Fsp3) is 0.625. The molecule has 1 aromatic heterocycles. The van der Waals surface area contributed by atoms with E-state index in [1.165, 1.54) is 0 Å². The third-order valence-electron chi connectivity index (χ3n) is 3.89. The van der Waals surface area contributed by atoms with Gasteiger partial charge in [0.2, 0.25) is 0 Å². The molecule has 4 nitrogen and oxygen atoms in total. The Labute approximate surface area is 121 Å². The largest absolute Gasteiger partial charge is 0.370 e. The number of rotatable bonds is 4. The lowest BCUT2D eigenvalue weighted by Gasteiger charge is -2.22. The number of hydrogen-bond donors (Lipinski definition) is 1. The first-order valence-electron chi connectivity index (χ1n) is 7.60. The second kappa shape index (κ2) is 6.25. The van der Waals surface area contributed by atoms with E-state index < -0.39 is 0 Å². The summed E-state index contributed by atoms with van der Waals surface area (Å²) in [6, 6.07) is 4.14. The van der Waals surface area contributed by atoms with Crippen LogP contribution in [-0.2, 0) is 6.42 Å². The zero-order valence-electron chi connectivity index (χ0n) is 12.9. The summed E-state index contributed by atoms with van der Waals surface area (Å²) in [6.45, 7) is 10.1. The molecule has 2 rings (SSSR count). The van der Waals surface area contributed by atoms with Crippen molar-refractivity contribution in [2.24, 2.45) is 5.92 Å². The molecule has 20 heavy (non-hydrogen) atoms. The van der Waals surface area contributed by atoms with Gasteiger partial charge in [0.15, 0.2) is 0 Å². The third kappa shape index (κ3) is 3.11. The van der Waals surface area contributed by atoms with Crippen LogP contribution in [0.4, 0.5) is 5.82 Å². The lowest BCUT2D eigenvalue weighted by Crippen LogP contribution is -2.34. The zero-order valence-corrected chi connectivity index (χ0v) is 12.9. The summed E-state index contributed by atoms with van der Waals surface area (Å²) in [7, 11) is 0. The summed E-state index contributed by atoms with van der Waals surface area (Å²) in [6.07, 6.45) is 1.93. The molecule has 2 atom stereocenters. The van der Waals surface area contributed by atoms with Gasteiger partial charge in [-0.3, -0.25) is 4.79 Å². The molecule has 1 aliphatic rings. The molecule has 0 saturated carbocycles. The zero-order chi connectivity index (χ0) is 14.7. The lowest BCUT2D eigenvalue weighted by molar-refractivity contribution is 0.0743. The van der Waals surface area contributed by atoms with E-state index in [4.69, 9.17) is 0 Å². The van der Waals surface area contributed by atoms with Crippen molar-refractivity contribution >= 4 is 11.7 Å². The molecule has 1 fully saturated rings. The van der Waals surface area contributed by atoms with Gasteiger partial charge in [-0.2, -0.15) is 0 Å². The average Bonchev–Trinajstić information content (AvgIpc) is 2.76. The van der Waals surface area contributed by atoms with Crippen LogP contribution in [-0.4, -0.2) is 34.9 Å². The van der Waals surface area contributed by atoms with Crippen LogP contribution in [0.5, 0.6) is 0 Å². The van der Waals surface area contributed by atoms with Crippen molar-refractivity contribution in [1.82, 2.24) is 9.88 Å². The maximum absolute atomic E-state index is 12.7. The van der Waals surface area contributed by atoms with E-state index in [-0.39, 0.29) is 5.91 Å². The molecular weight excluding hydrogens is 250 g/mol. The number of pyridine rings is 1. The second-order valence-corrected chi connectivity index (χ2v) is 5.76. The Bertz CT molecular complexity index is 487. The molecule has 2 unspecified atom stereocenters. The van der Waals surface area contributed by atoms with E-state index in [0.29, 0.717) is 12.0 Å². The maximum Gasteiger partial charge on any atom is 0.254 e. The number of carbonyl (C=O) groups is 1. The van der Waals surface area contributed by atoms with Gasteiger partial charge in [-0.15, -0.1) is 0 Å². The number of aromatic nitrogens is 1. The van der Waals surface area contributed by atoms with Crippen molar-refractivity contribution in [2.75, 3.05) is 18.4 Å². The van der Waals surface area contributed by atoms with E-state index in [1.807, 2.05) is 24.0 Å². The first kappa shape index (κ1) is 14.8. The quantitative estimate of drug-likeness (QED) is 0.919. The molecule has 0 radical (unpaired) electrons. The first-order chi connectivity index (χ1) is 9.55. The minimum atomic E-state index is 0.137. The molecule has 2 heterocycles. The van der Waals surface area contributed by atoms with Crippen LogP contribution < -0.4 is 5.32 Å². The Kier molecular flexibility index (Phi) is 4.63. The summed E-state index contributed by atoms with van der Waals surface area (Å²) in [5, 5.41) is 3.21. The summed E-state index contributed by atoms with van der Waals surface area (Å²) in [4.78, 5) is 19.2. The number of anilines is 1. The van der Waals surface area contributed by atoms with E-state index in [1.54, 1.807) is 0 Å². The van der Waals surface area contributed by atoms with Gasteiger partial charge in [0.25, 0.3) is 5.91 Å². The predicted molar refractivity (Wildman–Crippen MR) is 82.1 cm³/mol. The number of nitrogens with zero attached hydrogens (tertiary/aromatic N) is 2. The SMILES string of the molecule is CCNc1cc(C(=O)N2CC(C)CC2C)cc(CC)n1. The fourth-order valence-electron chi connectivity index (χ4n) is 2.91. The summed E-state index contributed by atoms with van der Waals surface area (Å²) in [5.74, 6) is 1.53. The summed E-state index contributed by atoms with van der Waals surface area (Å²) < 4.78 is 0. The van der Waals surface area contributed by atoms with Crippen LogP contribution in [0.1, 0.15) is 50.2 Å². The minimum Gasteiger partial charge on any atom is -0.370 e. The Hall–Kier alpha value is -1.58. The van der Waals surface area contributed by atoms with Crippen LogP contribution in [0.25, 0.3) is 0 Å². The molecule has 0 bridgehead atoms. The number of amides is 1. The smallest absolute Gasteiger partial charge is 0.254 e. The molecule has 1 saturated heterocycles. The maximum atomic E-state index is 12.7. The lowest BCUT2D eigenvalue weighted by atomic mass is 10.1. The van der Waals surface area contributed by atoms with Gasteiger partial charge < -0.3 is 10.2 Å². The van der Waals surface area contributed by atoms with Crippen molar-refractivity contribution < 1.29 is 4.79 Å². The van der Waals surface area contributed by atoms with Crippen LogP contribution >= 0.6 is 0 Å². The van der Waals surface area contributed by atoms with Crippen molar-refractivity contribution in [1.29, 1.82) is 0 Å². The fourth-order valence-corrected chi connectivity index (χ4v) is 2.91. The Balaban J connectivity index is 2.26. The van der Waals surface area contributed by atoms with Gasteiger partial charge in [0.05, 0.1) is 0 Å². The van der Waals surface area contributed by atoms with Crippen LogP contribution in [0.15, 0.2) is 12.1 Å². The van der Waals surface area contributed by atoms with Gasteiger partial charge in [0.1, 0.15) is 5.82 Å². The van der Waals surface area contributed by atoms with Crippen LogP contribution in [0.2, 0.25) is 0 Å². The highest BCUT2D eigenvalue weighted by molar-refractivity contribution is 5.95. The van der Waals surface area contributed by atoms with Crippen molar-refractivity contribution in [2.45, 2.75) is 46.6 Å². The molecule has 0 aromatic carbocycles. The molecule has 4 heteroatoms. The molecule has 110 valence electrons. The van der Waals surface area contributed by atoms with E-state index in [9.17, 15) is 4.79 Å². The highest BCUT2D eigenvalue weighted by atomic mass is 16.2. The van der Waals surface area contributed by atoms with Crippen molar-refractivity contribution in [3.8, 4) is 0 Å². The van der Waals surface area contributed by atoms with Gasteiger partial charge in [0, 0.05) is 30.4 Å². The molecule has 1 amide bonds. The molecule has 0 aliphatic carbocycles. The van der Waals surface area contributed by atoms with Crippen LogP contribution in [0.3, 0.4) is 0 Å². The Morgan fingerprint density at radius 3 is 2.70 bits per heavy atom. The van der Waals surface area contributed by atoms with E-state index in [2.05, 4.69) is 31.1 Å². The van der Waals surface area contributed by atoms with Gasteiger partial charge in [-0.05, 0) is 44.7 Å². The third-order valence-corrected chi connectivity index (χ3v) is 3.89. The predicted octanol–water partition coefficient (Wildman–Crippen LogP) is 2.95. The Morgan fingerprint density at radius 2 is 2.15 bits per heavy atom. The topological polar surface area (TPSA) is 45.2 Å². The van der Waals surface area contributed by atoms with Crippen molar-refractivity contribution in [3.63, 3.8) is 0 Å². The summed E-state index contributed by atoms with van der Waals surface area (Å²) in [5.41, 5.74) is 1.72. The highest BCUT2D eigenvalue weighted by Crippen LogP contribution is 2.25.